The van der Waals surface area contributed by atoms with E-state index in [0.29, 0.717) is 27.8 Å². The SMILES string of the molecule is COc1cc(F)c(C(C)C)cc1-c1ccc(S(C)(=O)=O)cc1CN1C(=O)O[C@H](c2cc(C)cc(C(F)(F)F)c2)[C@@H]1C. The van der Waals surface area contributed by atoms with Crippen LogP contribution in [0.1, 0.15) is 60.6 Å². The Morgan fingerprint density at radius 2 is 1.73 bits per heavy atom. The number of aryl methyl sites for hydroxylation is 1. The summed E-state index contributed by atoms with van der Waals surface area (Å²) >= 11 is 0. The third kappa shape index (κ3) is 6.19. The van der Waals surface area contributed by atoms with Gasteiger partial charge in [-0.05, 0) is 72.4 Å². The van der Waals surface area contributed by atoms with Gasteiger partial charge in [-0.25, -0.2) is 17.6 Å². The Morgan fingerprint density at radius 1 is 1.05 bits per heavy atom. The number of cyclic esters (lactones) is 1. The summed E-state index contributed by atoms with van der Waals surface area (Å²) < 4.78 is 91.0. The zero-order valence-corrected chi connectivity index (χ0v) is 24.3. The average molecular weight is 594 g/mol. The van der Waals surface area contributed by atoms with E-state index in [2.05, 4.69) is 0 Å². The molecule has 0 saturated carbocycles. The van der Waals surface area contributed by atoms with E-state index in [1.165, 1.54) is 37.1 Å². The number of sulfone groups is 1. The number of ether oxygens (including phenoxy) is 2. The maximum Gasteiger partial charge on any atom is 0.416 e. The fraction of sp³-hybridized carbons (Fsp3) is 0.367. The van der Waals surface area contributed by atoms with Gasteiger partial charge in [-0.3, -0.25) is 4.90 Å². The van der Waals surface area contributed by atoms with E-state index in [1.807, 2.05) is 13.8 Å². The van der Waals surface area contributed by atoms with E-state index in [1.54, 1.807) is 25.1 Å². The zero-order chi connectivity index (χ0) is 30.4. The van der Waals surface area contributed by atoms with Gasteiger partial charge in [0.2, 0.25) is 0 Å². The van der Waals surface area contributed by atoms with Crippen molar-refractivity contribution in [2.45, 2.75) is 63.4 Å². The highest BCUT2D eigenvalue weighted by Crippen LogP contribution is 2.41. The van der Waals surface area contributed by atoms with Gasteiger partial charge in [0.25, 0.3) is 0 Å². The Balaban J connectivity index is 1.80. The summed E-state index contributed by atoms with van der Waals surface area (Å²) in [4.78, 5) is 14.4. The van der Waals surface area contributed by atoms with Crippen LogP contribution in [0, 0.1) is 12.7 Å². The third-order valence-electron chi connectivity index (χ3n) is 7.22. The van der Waals surface area contributed by atoms with Gasteiger partial charge >= 0.3 is 12.3 Å². The van der Waals surface area contributed by atoms with Crippen LogP contribution in [0.2, 0.25) is 0 Å². The van der Waals surface area contributed by atoms with Crippen molar-refractivity contribution >= 4 is 15.9 Å². The van der Waals surface area contributed by atoms with Crippen LogP contribution in [0.15, 0.2) is 53.4 Å². The fourth-order valence-electron chi connectivity index (χ4n) is 5.07. The Labute approximate surface area is 236 Å². The number of amides is 1. The molecule has 0 bridgehead atoms. The molecular weight excluding hydrogens is 562 g/mol. The first-order valence-electron chi connectivity index (χ1n) is 12.9. The second kappa shape index (κ2) is 11.0. The Morgan fingerprint density at radius 3 is 2.32 bits per heavy atom. The number of rotatable bonds is 7. The number of carbonyl (C=O) groups is 1. The van der Waals surface area contributed by atoms with E-state index in [0.717, 1.165) is 18.4 Å². The van der Waals surface area contributed by atoms with Gasteiger partial charge in [-0.15, -0.1) is 0 Å². The molecular formula is C30H31F4NO5S. The van der Waals surface area contributed by atoms with Gasteiger partial charge in [0.15, 0.2) is 9.84 Å². The maximum atomic E-state index is 14.8. The van der Waals surface area contributed by atoms with Crippen LogP contribution in [-0.4, -0.2) is 38.8 Å². The number of hydrogen-bond donors (Lipinski definition) is 0. The highest BCUT2D eigenvalue weighted by atomic mass is 32.2. The number of halogens is 4. The van der Waals surface area contributed by atoms with Crippen molar-refractivity contribution in [1.29, 1.82) is 0 Å². The van der Waals surface area contributed by atoms with Crippen LogP contribution >= 0.6 is 0 Å². The van der Waals surface area contributed by atoms with E-state index < -0.39 is 45.6 Å². The summed E-state index contributed by atoms with van der Waals surface area (Å²) in [6.45, 7) is 6.73. The quantitative estimate of drug-likeness (QED) is 0.266. The number of hydrogen-bond acceptors (Lipinski definition) is 5. The minimum Gasteiger partial charge on any atom is -0.496 e. The normalized spacial score (nSPS) is 17.7. The summed E-state index contributed by atoms with van der Waals surface area (Å²) in [5.41, 5.74) is 1.57. The van der Waals surface area contributed by atoms with Gasteiger partial charge in [-0.2, -0.15) is 13.2 Å². The van der Waals surface area contributed by atoms with Crippen LogP contribution < -0.4 is 4.74 Å². The summed E-state index contributed by atoms with van der Waals surface area (Å²) in [5.74, 6) is -0.399. The standard InChI is InChI=1S/C30H31F4NO5S/c1-16(2)24-13-25(27(39-5)14-26(24)31)23-8-7-22(41(6,37)38)12-20(23)15-35-18(4)28(40-29(35)36)19-9-17(3)10-21(11-19)30(32,33)34/h7-14,16,18,28H,15H2,1-6H3/t18-,28-/m0/s1. The molecule has 0 aromatic heterocycles. The number of nitrogens with zero attached hydrogens (tertiary/aromatic N) is 1. The van der Waals surface area contributed by atoms with Crippen molar-refractivity contribution in [2.75, 3.05) is 13.4 Å². The van der Waals surface area contributed by atoms with Gasteiger partial charge in [-0.1, -0.05) is 31.5 Å². The molecule has 0 spiro atoms. The van der Waals surface area contributed by atoms with Gasteiger partial charge in [0.1, 0.15) is 17.7 Å². The van der Waals surface area contributed by atoms with Gasteiger partial charge in [0, 0.05) is 17.9 Å². The minimum absolute atomic E-state index is 0.00619. The molecule has 1 heterocycles. The highest BCUT2D eigenvalue weighted by Gasteiger charge is 2.41. The Kier molecular flexibility index (Phi) is 8.14. The summed E-state index contributed by atoms with van der Waals surface area (Å²) in [5, 5.41) is 0. The van der Waals surface area contributed by atoms with Crippen molar-refractivity contribution < 1.29 is 40.2 Å². The van der Waals surface area contributed by atoms with E-state index in [-0.39, 0.29) is 28.7 Å². The van der Waals surface area contributed by atoms with Crippen molar-refractivity contribution in [3.05, 3.63) is 82.2 Å². The molecule has 1 saturated heterocycles. The molecule has 220 valence electrons. The first-order valence-corrected chi connectivity index (χ1v) is 14.8. The maximum absolute atomic E-state index is 14.8. The lowest BCUT2D eigenvalue weighted by Crippen LogP contribution is -2.31. The lowest BCUT2D eigenvalue weighted by molar-refractivity contribution is -0.137. The molecule has 0 aliphatic carbocycles. The summed E-state index contributed by atoms with van der Waals surface area (Å²) in [6, 6.07) is 10.2. The van der Waals surface area contributed by atoms with E-state index in [9.17, 15) is 30.8 Å². The molecule has 41 heavy (non-hydrogen) atoms. The zero-order valence-electron chi connectivity index (χ0n) is 23.5. The molecule has 0 radical (unpaired) electrons. The molecule has 1 aliphatic rings. The fourth-order valence-corrected chi connectivity index (χ4v) is 5.74. The second-order valence-electron chi connectivity index (χ2n) is 10.6. The largest absolute Gasteiger partial charge is 0.496 e. The van der Waals surface area contributed by atoms with Crippen LogP contribution in [0.4, 0.5) is 22.4 Å². The molecule has 11 heteroatoms. The molecule has 1 fully saturated rings. The Hall–Kier alpha value is -3.60. The summed E-state index contributed by atoms with van der Waals surface area (Å²) in [6.07, 6.45) is -5.27. The van der Waals surface area contributed by atoms with Gasteiger partial charge in [0.05, 0.1) is 30.2 Å². The minimum atomic E-state index is -4.57. The van der Waals surface area contributed by atoms with E-state index in [4.69, 9.17) is 9.47 Å². The first kappa shape index (κ1) is 30.4. The van der Waals surface area contributed by atoms with Crippen LogP contribution in [0.25, 0.3) is 11.1 Å². The predicted molar refractivity (Wildman–Crippen MR) is 146 cm³/mol. The molecule has 0 N–H and O–H groups in total. The number of benzene rings is 3. The van der Waals surface area contributed by atoms with E-state index >= 15 is 0 Å². The first-order chi connectivity index (χ1) is 19.0. The molecule has 6 nitrogen and oxygen atoms in total. The number of alkyl halides is 3. The van der Waals surface area contributed by atoms with Crippen molar-refractivity contribution in [3.8, 4) is 16.9 Å². The number of carbonyl (C=O) groups excluding carboxylic acids is 1. The van der Waals surface area contributed by atoms with Crippen molar-refractivity contribution in [1.82, 2.24) is 4.90 Å². The van der Waals surface area contributed by atoms with Gasteiger partial charge < -0.3 is 9.47 Å². The molecule has 3 aromatic carbocycles. The molecule has 1 amide bonds. The third-order valence-corrected chi connectivity index (χ3v) is 8.33. The highest BCUT2D eigenvalue weighted by molar-refractivity contribution is 7.90. The molecule has 1 aliphatic heterocycles. The lowest BCUT2D eigenvalue weighted by Gasteiger charge is -2.24. The average Bonchev–Trinajstić information content (AvgIpc) is 3.15. The number of methoxy groups -OCH3 is 1. The molecule has 2 atom stereocenters. The second-order valence-corrected chi connectivity index (χ2v) is 12.6. The molecule has 4 rings (SSSR count). The molecule has 3 aromatic rings. The van der Waals surface area contributed by atoms with Crippen LogP contribution in [-0.2, 0) is 27.3 Å². The Bertz CT molecular complexity index is 1600. The molecule has 0 unspecified atom stereocenters. The van der Waals surface area contributed by atoms with Crippen molar-refractivity contribution in [2.24, 2.45) is 0 Å². The topological polar surface area (TPSA) is 72.9 Å². The summed E-state index contributed by atoms with van der Waals surface area (Å²) in [7, 11) is -2.25. The monoisotopic (exact) mass is 593 g/mol. The van der Waals surface area contributed by atoms with Crippen molar-refractivity contribution in [3.63, 3.8) is 0 Å². The smallest absolute Gasteiger partial charge is 0.416 e. The van der Waals surface area contributed by atoms with Crippen LogP contribution in [0.5, 0.6) is 5.75 Å². The lowest BCUT2D eigenvalue weighted by atomic mass is 9.93. The van der Waals surface area contributed by atoms with Crippen LogP contribution in [0.3, 0.4) is 0 Å². The predicted octanol–water partition coefficient (Wildman–Crippen LogP) is 7.44.